The van der Waals surface area contributed by atoms with Gasteiger partial charge in [-0.3, -0.25) is 0 Å². The average molecular weight is 295 g/mol. The smallest absolute Gasteiger partial charge is 0.243 e. The standard InChI is InChI=1S/C15H21NO3S/c1-12-6-8-13(9-7-12)20(17,18)16-10-11-19-15-5-3-2-4-14(15)16/h6-9,14-15H,2-5,10-11H2,1H3/t14-,15+/m1/s1. The minimum absolute atomic E-state index is 0.0174. The van der Waals surface area contributed by atoms with Crippen molar-refractivity contribution in [3.8, 4) is 0 Å². The highest BCUT2D eigenvalue weighted by Crippen LogP contribution is 2.32. The fourth-order valence-electron chi connectivity index (χ4n) is 3.21. The second kappa shape index (κ2) is 5.47. The van der Waals surface area contributed by atoms with Crippen LogP contribution < -0.4 is 0 Å². The van der Waals surface area contributed by atoms with Crippen LogP contribution in [0.3, 0.4) is 0 Å². The Hall–Kier alpha value is -0.910. The monoisotopic (exact) mass is 295 g/mol. The Morgan fingerprint density at radius 3 is 2.60 bits per heavy atom. The van der Waals surface area contributed by atoms with Crippen molar-refractivity contribution < 1.29 is 13.2 Å². The zero-order chi connectivity index (χ0) is 14.2. The van der Waals surface area contributed by atoms with Gasteiger partial charge in [0.05, 0.1) is 23.6 Å². The number of rotatable bonds is 2. The van der Waals surface area contributed by atoms with E-state index in [2.05, 4.69) is 0 Å². The third kappa shape index (κ3) is 2.50. The molecule has 0 aromatic heterocycles. The highest BCUT2D eigenvalue weighted by molar-refractivity contribution is 7.89. The van der Waals surface area contributed by atoms with Crippen molar-refractivity contribution in [3.63, 3.8) is 0 Å². The van der Waals surface area contributed by atoms with E-state index < -0.39 is 10.0 Å². The van der Waals surface area contributed by atoms with E-state index >= 15 is 0 Å². The molecule has 110 valence electrons. The summed E-state index contributed by atoms with van der Waals surface area (Å²) < 4.78 is 33.1. The molecule has 1 saturated carbocycles. The van der Waals surface area contributed by atoms with E-state index in [-0.39, 0.29) is 12.1 Å². The van der Waals surface area contributed by atoms with E-state index in [1.54, 1.807) is 16.4 Å². The zero-order valence-electron chi connectivity index (χ0n) is 11.8. The van der Waals surface area contributed by atoms with Crippen LogP contribution in [0.25, 0.3) is 0 Å². The minimum Gasteiger partial charge on any atom is -0.375 e. The lowest BCUT2D eigenvalue weighted by Gasteiger charge is -2.42. The number of ether oxygens (including phenoxy) is 1. The molecule has 5 heteroatoms. The molecule has 0 amide bonds. The number of morpholine rings is 1. The molecule has 1 aliphatic carbocycles. The van der Waals surface area contributed by atoms with Gasteiger partial charge in [0.25, 0.3) is 0 Å². The van der Waals surface area contributed by atoms with Gasteiger partial charge in [-0.25, -0.2) is 8.42 Å². The minimum atomic E-state index is -3.40. The first-order chi connectivity index (χ1) is 9.59. The van der Waals surface area contributed by atoms with Gasteiger partial charge in [0.2, 0.25) is 10.0 Å². The predicted octanol–water partition coefficient (Wildman–Crippen LogP) is 2.33. The average Bonchev–Trinajstić information content (AvgIpc) is 2.47. The van der Waals surface area contributed by atoms with Crippen molar-refractivity contribution in [1.29, 1.82) is 0 Å². The normalized spacial score (nSPS) is 28.1. The number of hydrogen-bond acceptors (Lipinski definition) is 3. The van der Waals surface area contributed by atoms with Gasteiger partial charge in [0.1, 0.15) is 0 Å². The van der Waals surface area contributed by atoms with Gasteiger partial charge in [0.15, 0.2) is 0 Å². The summed E-state index contributed by atoms with van der Waals surface area (Å²) >= 11 is 0. The van der Waals surface area contributed by atoms with Gasteiger partial charge in [0, 0.05) is 6.54 Å². The molecule has 0 unspecified atom stereocenters. The summed E-state index contributed by atoms with van der Waals surface area (Å²) in [6.45, 7) is 2.94. The summed E-state index contributed by atoms with van der Waals surface area (Å²) in [5.74, 6) is 0. The summed E-state index contributed by atoms with van der Waals surface area (Å²) in [6.07, 6.45) is 4.20. The van der Waals surface area contributed by atoms with Gasteiger partial charge < -0.3 is 4.74 Å². The lowest BCUT2D eigenvalue weighted by molar-refractivity contribution is -0.0586. The lowest BCUT2D eigenvalue weighted by atomic mass is 9.91. The van der Waals surface area contributed by atoms with Crippen LogP contribution >= 0.6 is 0 Å². The van der Waals surface area contributed by atoms with Crippen molar-refractivity contribution in [2.75, 3.05) is 13.2 Å². The van der Waals surface area contributed by atoms with Crippen LogP contribution in [0.4, 0.5) is 0 Å². The summed E-state index contributed by atoms with van der Waals surface area (Å²) in [4.78, 5) is 0.398. The van der Waals surface area contributed by atoms with Crippen LogP contribution in [-0.4, -0.2) is 38.0 Å². The van der Waals surface area contributed by atoms with Crippen LogP contribution in [0.1, 0.15) is 31.2 Å². The molecule has 1 heterocycles. The van der Waals surface area contributed by atoms with Gasteiger partial charge >= 0.3 is 0 Å². The van der Waals surface area contributed by atoms with Gasteiger partial charge in [-0.2, -0.15) is 4.31 Å². The fourth-order valence-corrected chi connectivity index (χ4v) is 4.87. The van der Waals surface area contributed by atoms with Crippen LogP contribution in [0, 0.1) is 6.92 Å². The molecule has 3 rings (SSSR count). The first-order valence-electron chi connectivity index (χ1n) is 7.29. The Kier molecular flexibility index (Phi) is 3.84. The Balaban J connectivity index is 1.91. The first-order valence-corrected chi connectivity index (χ1v) is 8.73. The zero-order valence-corrected chi connectivity index (χ0v) is 12.6. The summed E-state index contributed by atoms with van der Waals surface area (Å²) in [7, 11) is -3.40. The molecule has 0 bridgehead atoms. The molecule has 1 aliphatic heterocycles. The summed E-state index contributed by atoms with van der Waals surface area (Å²) in [5, 5.41) is 0. The van der Waals surface area contributed by atoms with Crippen LogP contribution in [0.2, 0.25) is 0 Å². The molecule has 2 aliphatic rings. The predicted molar refractivity (Wildman–Crippen MR) is 77.1 cm³/mol. The molecule has 1 aromatic carbocycles. The third-order valence-corrected chi connectivity index (χ3v) is 6.25. The summed E-state index contributed by atoms with van der Waals surface area (Å²) in [5.41, 5.74) is 1.07. The Bertz CT molecular complexity index is 565. The van der Waals surface area contributed by atoms with Gasteiger partial charge in [-0.1, -0.05) is 30.5 Å². The molecule has 1 saturated heterocycles. The van der Waals surface area contributed by atoms with E-state index in [0.29, 0.717) is 18.0 Å². The lowest BCUT2D eigenvalue weighted by Crippen LogP contribution is -2.54. The second-order valence-electron chi connectivity index (χ2n) is 5.69. The van der Waals surface area contributed by atoms with Crippen molar-refractivity contribution in [3.05, 3.63) is 29.8 Å². The topological polar surface area (TPSA) is 46.6 Å². The van der Waals surface area contributed by atoms with Gasteiger partial charge in [-0.15, -0.1) is 0 Å². The largest absolute Gasteiger partial charge is 0.375 e. The molecule has 4 nitrogen and oxygen atoms in total. The van der Waals surface area contributed by atoms with Crippen molar-refractivity contribution in [2.24, 2.45) is 0 Å². The number of aryl methyl sites for hydroxylation is 1. The first kappa shape index (κ1) is 14.0. The van der Waals surface area contributed by atoms with Crippen molar-refractivity contribution in [1.82, 2.24) is 4.31 Å². The van der Waals surface area contributed by atoms with E-state index in [1.165, 1.54) is 0 Å². The Morgan fingerprint density at radius 1 is 1.15 bits per heavy atom. The van der Waals surface area contributed by atoms with Crippen LogP contribution in [-0.2, 0) is 14.8 Å². The van der Waals surface area contributed by atoms with Crippen molar-refractivity contribution in [2.45, 2.75) is 49.6 Å². The number of fused-ring (bicyclic) bond motifs is 1. The Morgan fingerprint density at radius 2 is 1.85 bits per heavy atom. The van der Waals surface area contributed by atoms with Gasteiger partial charge in [-0.05, 0) is 31.9 Å². The highest BCUT2D eigenvalue weighted by Gasteiger charge is 2.40. The number of nitrogens with zero attached hydrogens (tertiary/aromatic N) is 1. The molecule has 0 radical (unpaired) electrons. The molecule has 0 spiro atoms. The molecule has 1 aromatic rings. The van der Waals surface area contributed by atoms with E-state index in [9.17, 15) is 8.42 Å². The summed E-state index contributed by atoms with van der Waals surface area (Å²) in [6, 6.07) is 7.14. The number of benzene rings is 1. The van der Waals surface area contributed by atoms with Crippen LogP contribution in [0.15, 0.2) is 29.2 Å². The molecule has 2 fully saturated rings. The quantitative estimate of drug-likeness (QED) is 0.841. The number of sulfonamides is 1. The van der Waals surface area contributed by atoms with Crippen LogP contribution in [0.5, 0.6) is 0 Å². The maximum absolute atomic E-state index is 12.8. The SMILES string of the molecule is Cc1ccc(S(=O)(=O)N2CCO[C@H]3CCCC[C@H]32)cc1. The molecule has 2 atom stereocenters. The third-order valence-electron chi connectivity index (χ3n) is 4.31. The van der Waals surface area contributed by atoms with E-state index in [0.717, 1.165) is 31.2 Å². The fraction of sp³-hybridized carbons (Fsp3) is 0.600. The molecule has 20 heavy (non-hydrogen) atoms. The maximum Gasteiger partial charge on any atom is 0.243 e. The Labute approximate surface area is 120 Å². The number of hydrogen-bond donors (Lipinski definition) is 0. The second-order valence-corrected chi connectivity index (χ2v) is 7.58. The molecular weight excluding hydrogens is 274 g/mol. The molecule has 0 N–H and O–H groups in total. The highest BCUT2D eigenvalue weighted by atomic mass is 32.2. The maximum atomic E-state index is 12.8. The van der Waals surface area contributed by atoms with E-state index in [4.69, 9.17) is 4.74 Å². The molecular formula is C15H21NO3S. The van der Waals surface area contributed by atoms with Crippen molar-refractivity contribution >= 4 is 10.0 Å². The van der Waals surface area contributed by atoms with E-state index in [1.807, 2.05) is 19.1 Å².